The lowest BCUT2D eigenvalue weighted by atomic mass is 10.2. The van der Waals surface area contributed by atoms with Crippen LogP contribution in [0, 0.1) is 5.82 Å². The summed E-state index contributed by atoms with van der Waals surface area (Å²) in [6.45, 7) is 1.92. The molecule has 0 spiro atoms. The van der Waals surface area contributed by atoms with Crippen LogP contribution in [0.25, 0.3) is 11.3 Å². The monoisotopic (exact) mass is 297 g/mol. The lowest BCUT2D eigenvalue weighted by molar-refractivity contribution is 0.502. The molecule has 0 fully saturated rings. The third-order valence-corrected chi connectivity index (χ3v) is 3.03. The zero-order valence-electron chi connectivity index (χ0n) is 9.41. The first-order valence-corrected chi connectivity index (χ1v) is 6.15. The molecule has 0 amide bonds. The second-order valence-electron chi connectivity index (χ2n) is 4.08. The van der Waals surface area contributed by atoms with Gasteiger partial charge in [-0.05, 0) is 53.2 Å². The molecule has 0 radical (unpaired) electrons. The summed E-state index contributed by atoms with van der Waals surface area (Å²) in [6.07, 6.45) is 0.680. The van der Waals surface area contributed by atoms with E-state index >= 15 is 0 Å². The van der Waals surface area contributed by atoms with E-state index in [0.717, 1.165) is 11.3 Å². The van der Waals surface area contributed by atoms with Crippen molar-refractivity contribution in [1.82, 2.24) is 0 Å². The standard InChI is InChI=1S/C13H13BrFNO/c1-8(16)6-10-3-5-13(17-10)9-2-4-11(14)12(15)7-9/h2-5,7-8H,6,16H2,1H3. The number of hydrogen-bond donors (Lipinski definition) is 1. The SMILES string of the molecule is CC(N)Cc1ccc(-c2ccc(Br)c(F)c2)o1. The Morgan fingerprint density at radius 3 is 2.76 bits per heavy atom. The van der Waals surface area contributed by atoms with Crippen LogP contribution in [-0.2, 0) is 6.42 Å². The fourth-order valence-corrected chi connectivity index (χ4v) is 1.86. The fourth-order valence-electron chi connectivity index (χ4n) is 1.61. The van der Waals surface area contributed by atoms with Gasteiger partial charge in [-0.15, -0.1) is 0 Å². The molecule has 0 aliphatic carbocycles. The smallest absolute Gasteiger partial charge is 0.138 e. The molecule has 2 rings (SSSR count). The Hall–Kier alpha value is -1.13. The minimum absolute atomic E-state index is 0.0515. The molecule has 1 aromatic carbocycles. The number of furan rings is 1. The fraction of sp³-hybridized carbons (Fsp3) is 0.231. The summed E-state index contributed by atoms with van der Waals surface area (Å²) in [6, 6.07) is 8.67. The van der Waals surface area contributed by atoms with Gasteiger partial charge >= 0.3 is 0 Å². The molecular weight excluding hydrogens is 285 g/mol. The minimum Gasteiger partial charge on any atom is -0.461 e. The molecule has 0 aliphatic rings. The predicted octanol–water partition coefficient (Wildman–Crippen LogP) is 3.74. The van der Waals surface area contributed by atoms with Crippen LogP contribution >= 0.6 is 15.9 Å². The summed E-state index contributed by atoms with van der Waals surface area (Å²) in [7, 11) is 0. The Kier molecular flexibility index (Phi) is 3.64. The van der Waals surface area contributed by atoms with E-state index in [4.69, 9.17) is 10.2 Å². The Morgan fingerprint density at radius 2 is 2.12 bits per heavy atom. The average Bonchev–Trinajstić information content (AvgIpc) is 2.69. The van der Waals surface area contributed by atoms with E-state index in [2.05, 4.69) is 15.9 Å². The van der Waals surface area contributed by atoms with Gasteiger partial charge < -0.3 is 10.2 Å². The van der Waals surface area contributed by atoms with Gasteiger partial charge in [0.2, 0.25) is 0 Å². The zero-order valence-corrected chi connectivity index (χ0v) is 11.0. The highest BCUT2D eigenvalue weighted by molar-refractivity contribution is 9.10. The Morgan fingerprint density at radius 1 is 1.35 bits per heavy atom. The van der Waals surface area contributed by atoms with Crippen LogP contribution in [-0.4, -0.2) is 6.04 Å². The molecule has 1 aromatic heterocycles. The molecule has 2 aromatic rings. The van der Waals surface area contributed by atoms with Crippen molar-refractivity contribution < 1.29 is 8.81 Å². The first-order chi connectivity index (χ1) is 8.06. The van der Waals surface area contributed by atoms with Crippen LogP contribution in [0.2, 0.25) is 0 Å². The second kappa shape index (κ2) is 5.02. The van der Waals surface area contributed by atoms with Gasteiger partial charge in [-0.2, -0.15) is 0 Å². The maximum absolute atomic E-state index is 13.4. The van der Waals surface area contributed by atoms with Crippen molar-refractivity contribution in [3.05, 3.63) is 46.4 Å². The van der Waals surface area contributed by atoms with Crippen molar-refractivity contribution in [2.45, 2.75) is 19.4 Å². The Balaban J connectivity index is 2.27. The average molecular weight is 298 g/mol. The number of nitrogens with two attached hydrogens (primary N) is 1. The molecule has 2 nitrogen and oxygen atoms in total. The molecular formula is C13H13BrFNO. The van der Waals surface area contributed by atoms with Crippen molar-refractivity contribution >= 4 is 15.9 Å². The molecule has 0 saturated heterocycles. The van der Waals surface area contributed by atoms with Crippen molar-refractivity contribution in [3.8, 4) is 11.3 Å². The highest BCUT2D eigenvalue weighted by Crippen LogP contribution is 2.26. The topological polar surface area (TPSA) is 39.2 Å². The molecule has 1 atom stereocenters. The van der Waals surface area contributed by atoms with Crippen LogP contribution in [0.3, 0.4) is 0 Å². The molecule has 4 heteroatoms. The Bertz CT molecular complexity index is 522. The molecule has 0 aliphatic heterocycles. The molecule has 0 saturated carbocycles. The van der Waals surface area contributed by atoms with Gasteiger partial charge in [0.05, 0.1) is 4.47 Å². The number of benzene rings is 1. The summed E-state index contributed by atoms with van der Waals surface area (Å²) < 4.78 is 19.4. The molecule has 0 bridgehead atoms. The maximum atomic E-state index is 13.4. The van der Waals surface area contributed by atoms with E-state index < -0.39 is 0 Å². The Labute approximate surface area is 108 Å². The second-order valence-corrected chi connectivity index (χ2v) is 4.93. The highest BCUT2D eigenvalue weighted by atomic mass is 79.9. The van der Waals surface area contributed by atoms with Gasteiger partial charge in [-0.3, -0.25) is 0 Å². The summed E-state index contributed by atoms with van der Waals surface area (Å²) in [5.74, 6) is 1.18. The van der Waals surface area contributed by atoms with E-state index in [1.165, 1.54) is 6.07 Å². The van der Waals surface area contributed by atoms with Gasteiger partial charge in [0, 0.05) is 18.0 Å². The summed E-state index contributed by atoms with van der Waals surface area (Å²) in [5, 5.41) is 0. The van der Waals surface area contributed by atoms with Crippen molar-refractivity contribution in [2.24, 2.45) is 5.73 Å². The quantitative estimate of drug-likeness (QED) is 0.937. The van der Waals surface area contributed by atoms with Crippen LogP contribution in [0.5, 0.6) is 0 Å². The number of rotatable bonds is 3. The van der Waals surface area contributed by atoms with Crippen LogP contribution < -0.4 is 5.73 Å². The van der Waals surface area contributed by atoms with Crippen molar-refractivity contribution in [1.29, 1.82) is 0 Å². The molecule has 1 heterocycles. The molecule has 17 heavy (non-hydrogen) atoms. The first-order valence-electron chi connectivity index (χ1n) is 5.36. The first kappa shape index (κ1) is 12.3. The lowest BCUT2D eigenvalue weighted by Crippen LogP contribution is -2.17. The van der Waals surface area contributed by atoms with Crippen molar-refractivity contribution in [2.75, 3.05) is 0 Å². The predicted molar refractivity (Wildman–Crippen MR) is 69.2 cm³/mol. The van der Waals surface area contributed by atoms with E-state index in [0.29, 0.717) is 16.7 Å². The normalized spacial score (nSPS) is 12.7. The molecule has 1 unspecified atom stereocenters. The summed E-state index contributed by atoms with van der Waals surface area (Å²) in [4.78, 5) is 0. The molecule has 2 N–H and O–H groups in total. The number of halogens is 2. The molecule has 90 valence electrons. The maximum Gasteiger partial charge on any atom is 0.138 e. The van der Waals surface area contributed by atoms with Gasteiger partial charge in [-0.25, -0.2) is 4.39 Å². The van der Waals surface area contributed by atoms with E-state index in [-0.39, 0.29) is 11.9 Å². The van der Waals surface area contributed by atoms with Gasteiger partial charge in [0.25, 0.3) is 0 Å². The highest BCUT2D eigenvalue weighted by Gasteiger charge is 2.08. The third kappa shape index (κ3) is 2.96. The summed E-state index contributed by atoms with van der Waals surface area (Å²) in [5.41, 5.74) is 6.41. The van der Waals surface area contributed by atoms with Gasteiger partial charge in [0.15, 0.2) is 0 Å². The minimum atomic E-state index is -0.298. The summed E-state index contributed by atoms with van der Waals surface area (Å²) >= 11 is 3.12. The number of hydrogen-bond acceptors (Lipinski definition) is 2. The van der Waals surface area contributed by atoms with Gasteiger partial charge in [0.1, 0.15) is 17.3 Å². The van der Waals surface area contributed by atoms with Gasteiger partial charge in [-0.1, -0.05) is 0 Å². The van der Waals surface area contributed by atoms with Crippen LogP contribution in [0.1, 0.15) is 12.7 Å². The zero-order chi connectivity index (χ0) is 12.4. The van der Waals surface area contributed by atoms with Crippen LogP contribution in [0.15, 0.2) is 39.2 Å². The van der Waals surface area contributed by atoms with E-state index in [1.807, 2.05) is 25.1 Å². The largest absolute Gasteiger partial charge is 0.461 e. The van der Waals surface area contributed by atoms with Crippen LogP contribution in [0.4, 0.5) is 4.39 Å². The van der Waals surface area contributed by atoms with Crippen molar-refractivity contribution in [3.63, 3.8) is 0 Å². The lowest BCUT2D eigenvalue weighted by Gasteiger charge is -2.01. The van der Waals surface area contributed by atoms with E-state index in [1.54, 1.807) is 6.07 Å². The van der Waals surface area contributed by atoms with E-state index in [9.17, 15) is 4.39 Å². The third-order valence-electron chi connectivity index (χ3n) is 2.39.